The number of carbonyl (C=O) groups is 2. The zero-order valence-electron chi connectivity index (χ0n) is 15.1. The predicted molar refractivity (Wildman–Crippen MR) is 93.7 cm³/mol. The summed E-state index contributed by atoms with van der Waals surface area (Å²) in [6.07, 6.45) is 4.60. The fourth-order valence-electron chi connectivity index (χ4n) is 3.10. The molecule has 0 unspecified atom stereocenters. The van der Waals surface area contributed by atoms with Gasteiger partial charge in [-0.2, -0.15) is 5.10 Å². The van der Waals surface area contributed by atoms with Gasteiger partial charge in [-0.3, -0.25) is 14.5 Å². The van der Waals surface area contributed by atoms with Crippen LogP contribution in [-0.2, 0) is 9.59 Å². The highest BCUT2D eigenvalue weighted by molar-refractivity contribution is 5.93. The lowest BCUT2D eigenvalue weighted by Gasteiger charge is -2.36. The summed E-state index contributed by atoms with van der Waals surface area (Å²) in [4.78, 5) is 26.0. The van der Waals surface area contributed by atoms with Gasteiger partial charge in [0.05, 0.1) is 18.3 Å². The molecule has 0 aromatic carbocycles. The first-order valence-electron chi connectivity index (χ1n) is 8.77. The molecule has 0 saturated carbocycles. The van der Waals surface area contributed by atoms with Gasteiger partial charge in [-0.1, -0.05) is 6.92 Å². The van der Waals surface area contributed by atoms with Gasteiger partial charge < -0.3 is 10.6 Å². The van der Waals surface area contributed by atoms with Crippen LogP contribution in [0.5, 0.6) is 0 Å². The molecule has 2 rings (SSSR count). The molecular formula is C17H29N5O2. The van der Waals surface area contributed by atoms with Crippen LogP contribution in [0.25, 0.3) is 0 Å². The van der Waals surface area contributed by atoms with E-state index in [1.54, 1.807) is 6.20 Å². The minimum absolute atomic E-state index is 0.0172. The van der Waals surface area contributed by atoms with Gasteiger partial charge in [0.2, 0.25) is 11.8 Å². The number of likely N-dealkylation sites (tertiary alicyclic amines) is 1. The van der Waals surface area contributed by atoms with Gasteiger partial charge in [0.15, 0.2) is 0 Å². The van der Waals surface area contributed by atoms with Gasteiger partial charge in [-0.15, -0.1) is 0 Å². The Morgan fingerprint density at radius 3 is 2.83 bits per heavy atom. The molecule has 7 nitrogen and oxygen atoms in total. The highest BCUT2D eigenvalue weighted by atomic mass is 16.2. The van der Waals surface area contributed by atoms with E-state index in [1.165, 1.54) is 6.92 Å². The molecule has 0 radical (unpaired) electrons. The molecule has 1 saturated heterocycles. The van der Waals surface area contributed by atoms with Crippen molar-refractivity contribution in [2.45, 2.75) is 65.1 Å². The topological polar surface area (TPSA) is 79.3 Å². The van der Waals surface area contributed by atoms with Crippen molar-refractivity contribution in [1.82, 2.24) is 20.0 Å². The third kappa shape index (κ3) is 4.56. The van der Waals surface area contributed by atoms with Crippen LogP contribution in [0.15, 0.2) is 12.3 Å². The molecular weight excluding hydrogens is 306 g/mol. The number of piperidine rings is 1. The average molecular weight is 335 g/mol. The van der Waals surface area contributed by atoms with Gasteiger partial charge >= 0.3 is 0 Å². The quantitative estimate of drug-likeness (QED) is 0.830. The van der Waals surface area contributed by atoms with Crippen LogP contribution in [-0.4, -0.2) is 51.7 Å². The van der Waals surface area contributed by atoms with E-state index < -0.39 is 0 Å². The summed E-state index contributed by atoms with van der Waals surface area (Å²) in [5, 5.41) is 10.2. The molecule has 0 spiro atoms. The number of carbonyl (C=O) groups excluding carboxylic acids is 2. The van der Waals surface area contributed by atoms with Crippen LogP contribution < -0.4 is 10.6 Å². The Balaban J connectivity index is 1.97. The number of hydrogen-bond donors (Lipinski definition) is 2. The fourth-order valence-corrected chi connectivity index (χ4v) is 3.10. The molecule has 1 aromatic heterocycles. The van der Waals surface area contributed by atoms with E-state index in [1.807, 2.05) is 17.7 Å². The van der Waals surface area contributed by atoms with Gasteiger partial charge in [0, 0.05) is 25.6 Å². The van der Waals surface area contributed by atoms with Crippen molar-refractivity contribution in [3.63, 3.8) is 0 Å². The molecule has 24 heavy (non-hydrogen) atoms. The van der Waals surface area contributed by atoms with E-state index >= 15 is 0 Å². The second kappa shape index (κ2) is 8.28. The Bertz CT molecular complexity index is 571. The molecule has 2 heterocycles. The molecule has 1 fully saturated rings. The Morgan fingerprint density at radius 1 is 1.42 bits per heavy atom. The van der Waals surface area contributed by atoms with Crippen LogP contribution >= 0.6 is 0 Å². The number of anilines is 1. The Labute approximate surface area is 143 Å². The maximum absolute atomic E-state index is 12.6. The molecule has 3 atom stereocenters. The van der Waals surface area contributed by atoms with E-state index in [2.05, 4.69) is 34.5 Å². The molecule has 1 aliphatic rings. The van der Waals surface area contributed by atoms with Gasteiger partial charge in [0.25, 0.3) is 0 Å². The number of nitrogens with zero attached hydrogens (tertiary/aromatic N) is 3. The summed E-state index contributed by atoms with van der Waals surface area (Å²) in [5.41, 5.74) is 0. The van der Waals surface area contributed by atoms with Crippen molar-refractivity contribution in [2.24, 2.45) is 0 Å². The molecule has 1 aromatic rings. The zero-order valence-corrected chi connectivity index (χ0v) is 15.1. The van der Waals surface area contributed by atoms with Gasteiger partial charge in [-0.25, -0.2) is 4.68 Å². The standard InChI is InChI=1S/C17H29N5O2/c1-5-12(2)22-16(8-9-18-22)20-17(24)13(3)21-10-6-7-15(11-21)19-14(4)23/h8-9,12-13,15H,5-7,10-11H2,1-4H3,(H,19,23)(H,20,24)/t12-,13-,15+/m0/s1. The Kier molecular flexibility index (Phi) is 6.36. The van der Waals surface area contributed by atoms with Crippen molar-refractivity contribution < 1.29 is 9.59 Å². The van der Waals surface area contributed by atoms with E-state index in [0.717, 1.165) is 31.6 Å². The van der Waals surface area contributed by atoms with Crippen LogP contribution in [0, 0.1) is 0 Å². The molecule has 0 bridgehead atoms. The van der Waals surface area contributed by atoms with Gasteiger partial charge in [0.1, 0.15) is 5.82 Å². The summed E-state index contributed by atoms with van der Waals surface area (Å²) >= 11 is 0. The lowest BCUT2D eigenvalue weighted by molar-refractivity contribution is -0.121. The highest BCUT2D eigenvalue weighted by Gasteiger charge is 2.28. The van der Waals surface area contributed by atoms with Crippen molar-refractivity contribution in [3.8, 4) is 0 Å². The summed E-state index contributed by atoms with van der Waals surface area (Å²) < 4.78 is 1.85. The van der Waals surface area contributed by atoms with Gasteiger partial charge in [-0.05, 0) is 39.7 Å². The first kappa shape index (κ1) is 18.4. The summed E-state index contributed by atoms with van der Waals surface area (Å²) in [6, 6.07) is 1.94. The number of rotatable bonds is 6. The number of nitrogens with one attached hydrogen (secondary N) is 2. The van der Waals surface area contributed by atoms with Crippen LogP contribution in [0.1, 0.15) is 53.0 Å². The second-order valence-electron chi connectivity index (χ2n) is 6.62. The smallest absolute Gasteiger partial charge is 0.242 e. The van der Waals surface area contributed by atoms with Crippen molar-refractivity contribution in [2.75, 3.05) is 18.4 Å². The van der Waals surface area contributed by atoms with Crippen LogP contribution in [0.3, 0.4) is 0 Å². The largest absolute Gasteiger partial charge is 0.352 e. The Hall–Kier alpha value is -1.89. The molecule has 1 aliphatic heterocycles. The maximum atomic E-state index is 12.6. The number of aromatic nitrogens is 2. The maximum Gasteiger partial charge on any atom is 0.242 e. The van der Waals surface area contributed by atoms with Crippen molar-refractivity contribution >= 4 is 17.6 Å². The van der Waals surface area contributed by atoms with Crippen LogP contribution in [0.4, 0.5) is 5.82 Å². The predicted octanol–water partition coefficient (Wildman–Crippen LogP) is 1.78. The Morgan fingerprint density at radius 2 is 2.17 bits per heavy atom. The minimum Gasteiger partial charge on any atom is -0.352 e. The SMILES string of the molecule is CC[C@H](C)n1nccc1NC(=O)[C@H](C)N1CCC[C@@H](NC(C)=O)C1. The average Bonchev–Trinajstić information content (AvgIpc) is 3.01. The molecule has 2 N–H and O–H groups in total. The monoisotopic (exact) mass is 335 g/mol. The molecule has 0 aliphatic carbocycles. The van der Waals surface area contributed by atoms with Crippen molar-refractivity contribution in [1.29, 1.82) is 0 Å². The summed E-state index contributed by atoms with van der Waals surface area (Å²) in [5.74, 6) is 0.677. The number of amides is 2. The molecule has 7 heteroatoms. The van der Waals surface area contributed by atoms with Crippen LogP contribution in [0.2, 0.25) is 0 Å². The van der Waals surface area contributed by atoms with Crippen molar-refractivity contribution in [3.05, 3.63) is 12.3 Å². The van der Waals surface area contributed by atoms with E-state index in [4.69, 9.17) is 0 Å². The third-order valence-corrected chi connectivity index (χ3v) is 4.72. The first-order chi connectivity index (χ1) is 11.4. The third-order valence-electron chi connectivity index (χ3n) is 4.72. The first-order valence-corrected chi connectivity index (χ1v) is 8.77. The van der Waals surface area contributed by atoms with E-state index in [-0.39, 0.29) is 29.9 Å². The highest BCUT2D eigenvalue weighted by Crippen LogP contribution is 2.18. The zero-order chi connectivity index (χ0) is 17.7. The lowest BCUT2D eigenvalue weighted by Crippen LogP contribution is -2.52. The fraction of sp³-hybridized carbons (Fsp3) is 0.706. The lowest BCUT2D eigenvalue weighted by atomic mass is 10.0. The van der Waals surface area contributed by atoms with E-state index in [0.29, 0.717) is 6.54 Å². The molecule has 134 valence electrons. The summed E-state index contributed by atoms with van der Waals surface area (Å²) in [6.45, 7) is 9.19. The number of hydrogen-bond acceptors (Lipinski definition) is 4. The van der Waals surface area contributed by atoms with E-state index in [9.17, 15) is 9.59 Å². The molecule has 2 amide bonds. The summed E-state index contributed by atoms with van der Waals surface area (Å²) in [7, 11) is 0. The second-order valence-corrected chi connectivity index (χ2v) is 6.62. The minimum atomic E-state index is -0.248. The normalized spacial score (nSPS) is 21.1.